The van der Waals surface area contributed by atoms with E-state index < -0.39 is 10.1 Å². The molecule has 0 aromatic heterocycles. The Morgan fingerprint density at radius 3 is 2.17 bits per heavy atom. The predicted molar refractivity (Wildman–Crippen MR) is 87.8 cm³/mol. The smallest absolute Gasteiger partial charge is 0.330 e. The Morgan fingerprint density at radius 2 is 1.78 bits per heavy atom. The van der Waals surface area contributed by atoms with Gasteiger partial charge in [0.1, 0.15) is 10.1 Å². The minimum Gasteiger partial charge on any atom is -0.744 e. The van der Waals surface area contributed by atoms with Crippen molar-refractivity contribution in [3.05, 3.63) is 42.5 Å². The monoisotopic (exact) mass is 343 g/mol. The van der Waals surface area contributed by atoms with Gasteiger partial charge in [-0.25, -0.2) is 13.2 Å². The van der Waals surface area contributed by atoms with Gasteiger partial charge in [-0.05, 0) is 19.1 Å². The fourth-order valence-corrected chi connectivity index (χ4v) is 1.94. The summed E-state index contributed by atoms with van der Waals surface area (Å²) in [5, 5.41) is 0. The van der Waals surface area contributed by atoms with E-state index in [2.05, 4.69) is 27.7 Å². The van der Waals surface area contributed by atoms with Crippen molar-refractivity contribution in [2.75, 3.05) is 34.3 Å². The molecule has 130 valence electrons. The van der Waals surface area contributed by atoms with Gasteiger partial charge in [0.25, 0.3) is 0 Å². The first-order valence-corrected chi connectivity index (χ1v) is 8.49. The van der Waals surface area contributed by atoms with E-state index in [1.54, 1.807) is 12.1 Å². The van der Waals surface area contributed by atoms with Crippen molar-refractivity contribution < 1.29 is 27.0 Å². The maximum absolute atomic E-state index is 10.6. The highest BCUT2D eigenvalue weighted by Crippen LogP contribution is 2.08. The molecule has 0 aliphatic rings. The number of carbonyl (C=O) groups is 1. The number of hydrogen-bond acceptors (Lipinski definition) is 5. The number of esters is 1. The second kappa shape index (κ2) is 9.44. The molecule has 0 N–H and O–H groups in total. The number of carbonyl (C=O) groups excluding carboxylic acids is 1. The van der Waals surface area contributed by atoms with Crippen LogP contribution in [-0.2, 0) is 19.6 Å². The zero-order chi connectivity index (χ0) is 18.1. The fourth-order valence-electron chi connectivity index (χ4n) is 1.48. The van der Waals surface area contributed by atoms with E-state index in [9.17, 15) is 17.8 Å². The maximum atomic E-state index is 10.6. The van der Waals surface area contributed by atoms with Crippen molar-refractivity contribution >= 4 is 16.1 Å². The highest BCUT2D eigenvalue weighted by molar-refractivity contribution is 7.85. The molecule has 0 fully saturated rings. The van der Waals surface area contributed by atoms with Crippen LogP contribution < -0.4 is 0 Å². The van der Waals surface area contributed by atoms with Gasteiger partial charge in [0, 0.05) is 12.5 Å². The average Bonchev–Trinajstić information content (AvgIpc) is 2.42. The summed E-state index contributed by atoms with van der Waals surface area (Å²) in [5.74, 6) is -0.337. The lowest BCUT2D eigenvalue weighted by molar-refractivity contribution is -0.870. The number of aryl methyl sites for hydroxylation is 1. The van der Waals surface area contributed by atoms with E-state index >= 15 is 0 Å². The standard InChI is InChI=1S/C9H18NO2.C7H8O3S/c1-5-9(11)12-8-6-7-10(2,3)4;1-6-2-4-7(5-3-6)11(8,9)10/h5H,1,6-8H2,2-4H3;2-5H,1H3,(H,8,9,10)/q+1;/p-1. The summed E-state index contributed by atoms with van der Waals surface area (Å²) in [6, 6.07) is 5.78. The molecule has 1 aromatic carbocycles. The molecule has 1 aromatic rings. The van der Waals surface area contributed by atoms with Crippen LogP contribution in [0.3, 0.4) is 0 Å². The van der Waals surface area contributed by atoms with Crippen molar-refractivity contribution in [3.8, 4) is 0 Å². The van der Waals surface area contributed by atoms with Gasteiger partial charge < -0.3 is 13.8 Å². The van der Waals surface area contributed by atoms with Crippen molar-refractivity contribution in [1.29, 1.82) is 0 Å². The molecular weight excluding hydrogens is 318 g/mol. The normalized spacial score (nSPS) is 11.2. The zero-order valence-corrected chi connectivity index (χ0v) is 14.9. The summed E-state index contributed by atoms with van der Waals surface area (Å²) >= 11 is 0. The molecule has 1 rings (SSSR count). The third-order valence-corrected chi connectivity index (χ3v) is 3.54. The zero-order valence-electron chi connectivity index (χ0n) is 14.1. The highest BCUT2D eigenvalue weighted by Gasteiger charge is 2.06. The summed E-state index contributed by atoms with van der Waals surface area (Å²) in [6.45, 7) is 6.62. The van der Waals surface area contributed by atoms with E-state index in [0.717, 1.165) is 23.0 Å². The van der Waals surface area contributed by atoms with Crippen molar-refractivity contribution in [3.63, 3.8) is 0 Å². The number of ether oxygens (including phenoxy) is 1. The first-order valence-electron chi connectivity index (χ1n) is 7.08. The van der Waals surface area contributed by atoms with Crippen LogP contribution in [0.15, 0.2) is 41.8 Å². The maximum Gasteiger partial charge on any atom is 0.330 e. The van der Waals surface area contributed by atoms with Gasteiger partial charge in [0.2, 0.25) is 0 Å². The fraction of sp³-hybridized carbons (Fsp3) is 0.438. The molecule has 6 nitrogen and oxygen atoms in total. The second-order valence-corrected chi connectivity index (χ2v) is 7.39. The molecule has 0 spiro atoms. The number of quaternary nitrogens is 1. The highest BCUT2D eigenvalue weighted by atomic mass is 32.2. The van der Waals surface area contributed by atoms with Gasteiger partial charge in [0.15, 0.2) is 0 Å². The molecule has 0 saturated heterocycles. The largest absolute Gasteiger partial charge is 0.744 e. The molecule has 0 aliphatic heterocycles. The third kappa shape index (κ3) is 11.5. The van der Waals surface area contributed by atoms with Crippen LogP contribution in [0.25, 0.3) is 0 Å². The van der Waals surface area contributed by atoms with E-state index in [1.807, 2.05) is 6.92 Å². The second-order valence-electron chi connectivity index (χ2n) is 6.01. The molecule has 23 heavy (non-hydrogen) atoms. The predicted octanol–water partition coefficient (Wildman–Crippen LogP) is 1.71. The van der Waals surface area contributed by atoms with Crippen molar-refractivity contribution in [2.45, 2.75) is 18.2 Å². The van der Waals surface area contributed by atoms with Crippen LogP contribution in [0.4, 0.5) is 0 Å². The van der Waals surface area contributed by atoms with Gasteiger partial charge in [-0.3, -0.25) is 0 Å². The first-order chi connectivity index (χ1) is 10.5. The van der Waals surface area contributed by atoms with E-state index in [1.165, 1.54) is 18.2 Å². The van der Waals surface area contributed by atoms with E-state index in [-0.39, 0.29) is 10.9 Å². The number of benzene rings is 1. The summed E-state index contributed by atoms with van der Waals surface area (Å²) in [7, 11) is 2.05. The molecule has 0 aliphatic carbocycles. The van der Waals surface area contributed by atoms with Gasteiger partial charge >= 0.3 is 5.97 Å². The van der Waals surface area contributed by atoms with E-state index in [0.29, 0.717) is 6.61 Å². The van der Waals surface area contributed by atoms with Gasteiger partial charge in [-0.15, -0.1) is 0 Å². The third-order valence-electron chi connectivity index (χ3n) is 2.69. The summed E-state index contributed by atoms with van der Waals surface area (Å²) < 4.78 is 36.9. The Morgan fingerprint density at radius 1 is 1.26 bits per heavy atom. The quantitative estimate of drug-likeness (QED) is 0.258. The minimum absolute atomic E-state index is 0.178. The Balaban J connectivity index is 0.000000422. The molecular formula is C16H25NO5S. The summed E-state index contributed by atoms with van der Waals surface area (Å²) in [6.07, 6.45) is 2.08. The first kappa shape index (κ1) is 21.3. The Hall–Kier alpha value is -1.70. The number of nitrogens with zero attached hydrogens (tertiary/aromatic N) is 1. The topological polar surface area (TPSA) is 83.5 Å². The molecule has 7 heteroatoms. The van der Waals surface area contributed by atoms with Gasteiger partial charge in [0.05, 0.1) is 39.2 Å². The molecule has 0 atom stereocenters. The Bertz CT molecular complexity index is 600. The minimum atomic E-state index is -4.27. The lowest BCUT2D eigenvalue weighted by Crippen LogP contribution is -2.35. The van der Waals surface area contributed by atoms with Crippen LogP contribution in [0.2, 0.25) is 0 Å². The van der Waals surface area contributed by atoms with Crippen LogP contribution in [0.1, 0.15) is 12.0 Å². The van der Waals surface area contributed by atoms with Crippen LogP contribution in [0.5, 0.6) is 0 Å². The van der Waals surface area contributed by atoms with Crippen molar-refractivity contribution in [1.82, 2.24) is 0 Å². The van der Waals surface area contributed by atoms with Crippen LogP contribution in [-0.4, -0.2) is 57.7 Å². The van der Waals surface area contributed by atoms with Gasteiger partial charge in [-0.1, -0.05) is 24.3 Å². The molecule has 0 heterocycles. The van der Waals surface area contributed by atoms with Crippen LogP contribution >= 0.6 is 0 Å². The Kier molecular flexibility index (Phi) is 8.74. The number of hydrogen-bond donors (Lipinski definition) is 0. The molecule has 0 unspecified atom stereocenters. The lowest BCUT2D eigenvalue weighted by atomic mass is 10.2. The Labute approximate surface area is 138 Å². The van der Waals surface area contributed by atoms with E-state index in [4.69, 9.17) is 4.74 Å². The molecule has 0 bridgehead atoms. The lowest BCUT2D eigenvalue weighted by Gasteiger charge is -2.23. The summed E-state index contributed by atoms with van der Waals surface area (Å²) in [4.78, 5) is 10.4. The molecule has 0 radical (unpaired) electrons. The average molecular weight is 343 g/mol. The molecule has 0 amide bonds. The number of rotatable bonds is 6. The van der Waals surface area contributed by atoms with Crippen LogP contribution in [0, 0.1) is 6.92 Å². The SMILES string of the molecule is C=CC(=O)OCCC[N+](C)(C)C.Cc1ccc(S(=O)(=O)[O-])cc1. The van der Waals surface area contributed by atoms with Crippen molar-refractivity contribution in [2.24, 2.45) is 0 Å². The summed E-state index contributed by atoms with van der Waals surface area (Å²) in [5.41, 5.74) is 0.928. The molecule has 0 saturated carbocycles. The van der Waals surface area contributed by atoms with Gasteiger partial charge in [-0.2, -0.15) is 0 Å².